The Morgan fingerprint density at radius 1 is 1.11 bits per heavy atom. The number of anilines is 2. The quantitative estimate of drug-likeness (QED) is 0.673. The molecule has 0 unspecified atom stereocenters. The SMILES string of the molecule is COc1ccccc1NC(=O)c1cccc(S(=O)(=O)Nc2cc(C)on2)c1. The Balaban J connectivity index is 1.83. The molecule has 0 fully saturated rings. The van der Waals surface area contributed by atoms with Gasteiger partial charge in [0.05, 0.1) is 17.7 Å². The zero-order valence-electron chi connectivity index (χ0n) is 14.6. The van der Waals surface area contributed by atoms with Crippen molar-refractivity contribution in [2.45, 2.75) is 11.8 Å². The molecule has 3 rings (SSSR count). The maximum Gasteiger partial charge on any atom is 0.263 e. The van der Waals surface area contributed by atoms with E-state index in [1.807, 2.05) is 0 Å². The average Bonchev–Trinajstić information content (AvgIpc) is 3.06. The van der Waals surface area contributed by atoms with Crippen molar-refractivity contribution in [3.05, 3.63) is 65.9 Å². The third-order valence-corrected chi connectivity index (χ3v) is 4.98. The lowest BCUT2D eigenvalue weighted by molar-refractivity contribution is 0.102. The molecule has 0 radical (unpaired) electrons. The van der Waals surface area contributed by atoms with Crippen LogP contribution < -0.4 is 14.8 Å². The molecule has 3 aromatic rings. The van der Waals surface area contributed by atoms with E-state index < -0.39 is 15.9 Å². The standard InChI is InChI=1S/C18H17N3O5S/c1-12-10-17(20-26-12)21-27(23,24)14-7-5-6-13(11-14)18(22)19-15-8-3-4-9-16(15)25-2/h3-11H,1-2H3,(H,19,22)(H,20,21). The summed E-state index contributed by atoms with van der Waals surface area (Å²) in [5.74, 6) is 0.570. The largest absolute Gasteiger partial charge is 0.495 e. The fraction of sp³-hybridized carbons (Fsp3) is 0.111. The second-order valence-corrected chi connectivity index (χ2v) is 7.29. The Morgan fingerprint density at radius 2 is 1.89 bits per heavy atom. The van der Waals surface area contributed by atoms with Crippen LogP contribution in [0.1, 0.15) is 16.1 Å². The molecule has 1 amide bonds. The molecule has 0 aliphatic heterocycles. The number of aryl methyl sites for hydroxylation is 1. The molecular weight excluding hydrogens is 370 g/mol. The highest BCUT2D eigenvalue weighted by atomic mass is 32.2. The van der Waals surface area contributed by atoms with E-state index in [-0.39, 0.29) is 16.3 Å². The molecular formula is C18H17N3O5S. The van der Waals surface area contributed by atoms with Crippen LogP contribution >= 0.6 is 0 Å². The molecule has 0 atom stereocenters. The smallest absolute Gasteiger partial charge is 0.263 e. The van der Waals surface area contributed by atoms with Crippen LogP contribution in [0.25, 0.3) is 0 Å². The molecule has 0 spiro atoms. The molecule has 140 valence electrons. The molecule has 1 aromatic heterocycles. The minimum Gasteiger partial charge on any atom is -0.495 e. The van der Waals surface area contributed by atoms with E-state index >= 15 is 0 Å². The number of para-hydroxylation sites is 2. The molecule has 2 aromatic carbocycles. The number of carbonyl (C=O) groups is 1. The Morgan fingerprint density at radius 3 is 2.59 bits per heavy atom. The first-order valence-electron chi connectivity index (χ1n) is 7.89. The first-order chi connectivity index (χ1) is 12.9. The number of methoxy groups -OCH3 is 1. The number of nitrogens with zero attached hydrogens (tertiary/aromatic N) is 1. The van der Waals surface area contributed by atoms with Crippen LogP contribution in [0.15, 0.2) is 64.0 Å². The predicted octanol–water partition coefficient (Wildman–Crippen LogP) is 3.04. The average molecular weight is 387 g/mol. The van der Waals surface area contributed by atoms with Gasteiger partial charge in [-0.3, -0.25) is 9.52 Å². The molecule has 0 bridgehead atoms. The number of benzene rings is 2. The first kappa shape index (κ1) is 18.5. The van der Waals surface area contributed by atoms with Crippen LogP contribution in [0.3, 0.4) is 0 Å². The van der Waals surface area contributed by atoms with Crippen molar-refractivity contribution in [1.82, 2.24) is 5.16 Å². The monoisotopic (exact) mass is 387 g/mol. The van der Waals surface area contributed by atoms with Gasteiger partial charge < -0.3 is 14.6 Å². The van der Waals surface area contributed by atoms with Crippen LogP contribution in [0.5, 0.6) is 5.75 Å². The molecule has 8 nitrogen and oxygen atoms in total. The first-order valence-corrected chi connectivity index (χ1v) is 9.38. The van der Waals surface area contributed by atoms with E-state index in [4.69, 9.17) is 9.26 Å². The number of aromatic nitrogens is 1. The number of amides is 1. The second-order valence-electron chi connectivity index (χ2n) is 5.61. The Bertz CT molecular complexity index is 1080. The van der Waals surface area contributed by atoms with Gasteiger partial charge in [-0.2, -0.15) is 0 Å². The number of ether oxygens (including phenoxy) is 1. The molecule has 9 heteroatoms. The van der Waals surface area contributed by atoms with Gasteiger partial charge in [-0.15, -0.1) is 0 Å². The fourth-order valence-electron chi connectivity index (χ4n) is 2.36. The third kappa shape index (κ3) is 4.26. The Hall–Kier alpha value is -3.33. The van der Waals surface area contributed by atoms with Crippen LogP contribution in [0, 0.1) is 6.92 Å². The van der Waals surface area contributed by atoms with E-state index in [9.17, 15) is 13.2 Å². The summed E-state index contributed by atoms with van der Waals surface area (Å²) in [6.07, 6.45) is 0. The zero-order valence-corrected chi connectivity index (χ0v) is 15.4. The number of hydrogen-bond acceptors (Lipinski definition) is 6. The Labute approximate surface area is 156 Å². The summed E-state index contributed by atoms with van der Waals surface area (Å²) in [6.45, 7) is 1.65. The molecule has 27 heavy (non-hydrogen) atoms. The molecule has 0 saturated heterocycles. The maximum absolute atomic E-state index is 12.5. The molecule has 0 saturated carbocycles. The van der Waals surface area contributed by atoms with Crippen LogP contribution in [0.2, 0.25) is 0 Å². The number of carbonyl (C=O) groups excluding carboxylic acids is 1. The van der Waals surface area contributed by atoms with Crippen molar-refractivity contribution in [3.63, 3.8) is 0 Å². The maximum atomic E-state index is 12.5. The lowest BCUT2D eigenvalue weighted by Crippen LogP contribution is -2.16. The van der Waals surface area contributed by atoms with Gasteiger partial charge in [0.15, 0.2) is 5.82 Å². The summed E-state index contributed by atoms with van der Waals surface area (Å²) in [6, 6.07) is 14.0. The summed E-state index contributed by atoms with van der Waals surface area (Å²) >= 11 is 0. The molecule has 1 heterocycles. The molecule has 0 aliphatic rings. The molecule has 2 N–H and O–H groups in total. The minimum atomic E-state index is -3.92. The Kier molecular flexibility index (Phi) is 5.13. The van der Waals surface area contributed by atoms with Crippen LogP contribution in [-0.4, -0.2) is 26.6 Å². The summed E-state index contributed by atoms with van der Waals surface area (Å²) in [7, 11) is -2.42. The van der Waals surface area contributed by atoms with Gasteiger partial charge >= 0.3 is 0 Å². The second kappa shape index (κ2) is 7.50. The van der Waals surface area contributed by atoms with Crippen molar-refractivity contribution in [3.8, 4) is 5.75 Å². The van der Waals surface area contributed by atoms with Crippen molar-refractivity contribution < 1.29 is 22.5 Å². The van der Waals surface area contributed by atoms with Gasteiger partial charge in [0.25, 0.3) is 15.9 Å². The highest BCUT2D eigenvalue weighted by Crippen LogP contribution is 2.24. The van der Waals surface area contributed by atoms with Gasteiger partial charge in [-0.1, -0.05) is 23.4 Å². The van der Waals surface area contributed by atoms with Gasteiger partial charge in [0.2, 0.25) is 0 Å². The number of rotatable bonds is 6. The number of nitrogens with one attached hydrogen (secondary N) is 2. The highest BCUT2D eigenvalue weighted by Gasteiger charge is 2.18. The van der Waals surface area contributed by atoms with Crippen molar-refractivity contribution >= 4 is 27.4 Å². The lowest BCUT2D eigenvalue weighted by Gasteiger charge is -2.11. The minimum absolute atomic E-state index is 0.0661. The van der Waals surface area contributed by atoms with E-state index in [0.29, 0.717) is 17.2 Å². The topological polar surface area (TPSA) is 111 Å². The summed E-state index contributed by atoms with van der Waals surface area (Å²) in [5.41, 5.74) is 0.662. The zero-order chi connectivity index (χ0) is 19.4. The third-order valence-electron chi connectivity index (χ3n) is 3.63. The normalized spacial score (nSPS) is 11.0. The fourth-order valence-corrected chi connectivity index (χ4v) is 3.39. The van der Waals surface area contributed by atoms with E-state index in [1.165, 1.54) is 37.4 Å². The van der Waals surface area contributed by atoms with Gasteiger partial charge in [-0.05, 0) is 37.3 Å². The van der Waals surface area contributed by atoms with E-state index in [2.05, 4.69) is 15.2 Å². The van der Waals surface area contributed by atoms with E-state index in [0.717, 1.165) is 0 Å². The lowest BCUT2D eigenvalue weighted by atomic mass is 10.2. The van der Waals surface area contributed by atoms with Crippen molar-refractivity contribution in [2.75, 3.05) is 17.1 Å². The van der Waals surface area contributed by atoms with Crippen LogP contribution in [0.4, 0.5) is 11.5 Å². The highest BCUT2D eigenvalue weighted by molar-refractivity contribution is 7.92. The van der Waals surface area contributed by atoms with Crippen molar-refractivity contribution in [1.29, 1.82) is 0 Å². The van der Waals surface area contributed by atoms with E-state index in [1.54, 1.807) is 31.2 Å². The van der Waals surface area contributed by atoms with Gasteiger partial charge in [-0.25, -0.2) is 8.42 Å². The summed E-state index contributed by atoms with van der Waals surface area (Å²) in [5, 5.41) is 6.30. The summed E-state index contributed by atoms with van der Waals surface area (Å²) < 4.78 is 37.3. The van der Waals surface area contributed by atoms with Crippen LogP contribution in [-0.2, 0) is 10.0 Å². The predicted molar refractivity (Wildman–Crippen MR) is 99.4 cm³/mol. The molecule has 0 aliphatic carbocycles. The number of sulfonamides is 1. The van der Waals surface area contributed by atoms with Gasteiger partial charge in [0.1, 0.15) is 11.5 Å². The summed E-state index contributed by atoms with van der Waals surface area (Å²) in [4.78, 5) is 12.4. The van der Waals surface area contributed by atoms with Gasteiger partial charge in [0, 0.05) is 11.6 Å². The number of hydrogen-bond donors (Lipinski definition) is 2. The van der Waals surface area contributed by atoms with Crippen molar-refractivity contribution in [2.24, 2.45) is 0 Å².